The second kappa shape index (κ2) is 9.09. The number of carboxylic acid groups (broad SMARTS) is 1. The van der Waals surface area contributed by atoms with E-state index in [0.29, 0.717) is 10.6 Å². The van der Waals surface area contributed by atoms with Gasteiger partial charge in [0.15, 0.2) is 5.69 Å². The summed E-state index contributed by atoms with van der Waals surface area (Å²) in [6.07, 6.45) is -5.08. The third kappa shape index (κ3) is 5.24. The molecule has 1 aromatic heterocycles. The Morgan fingerprint density at radius 3 is 2.28 bits per heavy atom. The van der Waals surface area contributed by atoms with Crippen LogP contribution in [0.25, 0.3) is 0 Å². The van der Waals surface area contributed by atoms with Crippen LogP contribution in [-0.2, 0) is 15.1 Å². The largest absolute Gasteiger partial charge is 0.490 e. The Morgan fingerprint density at radius 2 is 1.75 bits per heavy atom. The van der Waals surface area contributed by atoms with E-state index in [1.54, 1.807) is 37.3 Å². The average Bonchev–Trinajstić information content (AvgIpc) is 2.94. The van der Waals surface area contributed by atoms with E-state index in [1.807, 2.05) is 0 Å². The van der Waals surface area contributed by atoms with Crippen LogP contribution in [0.1, 0.15) is 23.0 Å². The molecule has 0 spiro atoms. The fourth-order valence-electron chi connectivity index (χ4n) is 2.49. The maximum absolute atomic E-state index is 12.7. The van der Waals surface area contributed by atoms with E-state index in [4.69, 9.17) is 27.2 Å². The number of nitrogens with zero attached hydrogens (tertiary/aromatic N) is 2. The SMILES string of the molecule is CC1(c2ccccc2)NC(=O)N(NC(=O)c2nc(Cl)ccc2N)C1=O.O=C(O)C(F)(F)F. The van der Waals surface area contributed by atoms with E-state index in [-0.39, 0.29) is 16.5 Å². The smallest absolute Gasteiger partial charge is 0.475 e. The van der Waals surface area contributed by atoms with Crippen LogP contribution in [0.5, 0.6) is 0 Å². The van der Waals surface area contributed by atoms with Gasteiger partial charge in [0.2, 0.25) is 0 Å². The van der Waals surface area contributed by atoms with Gasteiger partial charge < -0.3 is 16.2 Å². The quantitative estimate of drug-likeness (QED) is 0.393. The Morgan fingerprint density at radius 1 is 1.19 bits per heavy atom. The molecule has 1 unspecified atom stereocenters. The number of nitrogens with one attached hydrogen (secondary N) is 2. The number of benzene rings is 1. The number of halogens is 4. The fourth-order valence-corrected chi connectivity index (χ4v) is 2.64. The van der Waals surface area contributed by atoms with Crippen LogP contribution in [0.15, 0.2) is 42.5 Å². The first-order valence-corrected chi connectivity index (χ1v) is 8.90. The van der Waals surface area contributed by atoms with Gasteiger partial charge in [0.1, 0.15) is 10.7 Å². The van der Waals surface area contributed by atoms with Gasteiger partial charge in [-0.25, -0.2) is 14.6 Å². The molecule has 0 bridgehead atoms. The van der Waals surface area contributed by atoms with Crippen LogP contribution in [0.4, 0.5) is 23.7 Å². The van der Waals surface area contributed by atoms with Crippen molar-refractivity contribution in [3.8, 4) is 0 Å². The molecule has 1 aliphatic heterocycles. The minimum absolute atomic E-state index is 0.0608. The Kier molecular flexibility index (Phi) is 6.93. The number of carbonyl (C=O) groups excluding carboxylic acids is 3. The monoisotopic (exact) mass is 473 g/mol. The third-order valence-electron chi connectivity index (χ3n) is 4.11. The lowest BCUT2D eigenvalue weighted by Crippen LogP contribution is -2.48. The highest BCUT2D eigenvalue weighted by Crippen LogP contribution is 2.27. The maximum atomic E-state index is 12.7. The lowest BCUT2D eigenvalue weighted by atomic mass is 9.92. The summed E-state index contributed by atoms with van der Waals surface area (Å²) < 4.78 is 31.7. The predicted molar refractivity (Wildman–Crippen MR) is 104 cm³/mol. The van der Waals surface area contributed by atoms with Gasteiger partial charge in [-0.15, -0.1) is 0 Å². The van der Waals surface area contributed by atoms with E-state index < -0.39 is 35.5 Å². The second-order valence-corrected chi connectivity index (χ2v) is 6.76. The van der Waals surface area contributed by atoms with Crippen LogP contribution < -0.4 is 16.5 Å². The van der Waals surface area contributed by atoms with Crippen molar-refractivity contribution >= 4 is 41.1 Å². The molecule has 170 valence electrons. The maximum Gasteiger partial charge on any atom is 0.490 e. The molecule has 14 heteroatoms. The van der Waals surface area contributed by atoms with Gasteiger partial charge in [-0.3, -0.25) is 15.0 Å². The number of amides is 4. The van der Waals surface area contributed by atoms with Crippen LogP contribution in [0.3, 0.4) is 0 Å². The van der Waals surface area contributed by atoms with Gasteiger partial charge in [0.05, 0.1) is 5.69 Å². The molecule has 1 aromatic carbocycles. The molecule has 5 N–H and O–H groups in total. The molecular formula is C18H15ClF3N5O5. The number of aromatic nitrogens is 1. The van der Waals surface area contributed by atoms with Crippen molar-refractivity contribution < 1.29 is 37.5 Å². The molecule has 0 radical (unpaired) electrons. The Balaban J connectivity index is 0.000000451. The summed E-state index contributed by atoms with van der Waals surface area (Å²) >= 11 is 5.75. The number of urea groups is 1. The summed E-state index contributed by atoms with van der Waals surface area (Å²) in [5.41, 5.74) is 7.10. The van der Waals surface area contributed by atoms with Crippen molar-refractivity contribution in [2.45, 2.75) is 18.6 Å². The number of hydrazine groups is 1. The molecule has 1 fully saturated rings. The molecule has 32 heavy (non-hydrogen) atoms. The lowest BCUT2D eigenvalue weighted by Gasteiger charge is -2.22. The van der Waals surface area contributed by atoms with Crippen molar-refractivity contribution in [3.63, 3.8) is 0 Å². The molecule has 2 aromatic rings. The Bertz CT molecular complexity index is 1070. The van der Waals surface area contributed by atoms with Crippen molar-refractivity contribution in [2.24, 2.45) is 0 Å². The molecule has 0 aliphatic carbocycles. The van der Waals surface area contributed by atoms with Gasteiger partial charge in [-0.05, 0) is 24.6 Å². The van der Waals surface area contributed by atoms with Gasteiger partial charge in [0.25, 0.3) is 11.8 Å². The lowest BCUT2D eigenvalue weighted by molar-refractivity contribution is -0.192. The fraction of sp³-hybridized carbons (Fsp3) is 0.167. The number of alkyl halides is 3. The van der Waals surface area contributed by atoms with Crippen molar-refractivity contribution in [1.82, 2.24) is 20.7 Å². The average molecular weight is 474 g/mol. The number of hydrogen-bond donors (Lipinski definition) is 4. The highest BCUT2D eigenvalue weighted by Gasteiger charge is 2.50. The molecule has 2 heterocycles. The van der Waals surface area contributed by atoms with E-state index >= 15 is 0 Å². The van der Waals surface area contributed by atoms with Gasteiger partial charge in [0, 0.05) is 0 Å². The highest BCUT2D eigenvalue weighted by atomic mass is 35.5. The molecule has 1 saturated heterocycles. The number of aliphatic carboxylic acids is 1. The summed E-state index contributed by atoms with van der Waals surface area (Å²) in [6, 6.07) is 10.8. The number of pyridine rings is 1. The molecule has 1 atom stereocenters. The zero-order valence-electron chi connectivity index (χ0n) is 16.1. The van der Waals surface area contributed by atoms with Gasteiger partial charge >= 0.3 is 18.2 Å². The molecule has 3 rings (SSSR count). The zero-order chi connectivity index (χ0) is 24.3. The summed E-state index contributed by atoms with van der Waals surface area (Å²) in [5.74, 6) is -4.20. The summed E-state index contributed by atoms with van der Waals surface area (Å²) in [4.78, 5) is 49.9. The highest BCUT2D eigenvalue weighted by molar-refractivity contribution is 6.29. The van der Waals surface area contributed by atoms with Crippen molar-refractivity contribution in [3.05, 3.63) is 58.9 Å². The third-order valence-corrected chi connectivity index (χ3v) is 4.32. The first-order chi connectivity index (χ1) is 14.8. The number of hydrogen-bond acceptors (Lipinski definition) is 6. The number of carboxylic acids is 1. The van der Waals surface area contributed by atoms with Gasteiger partial charge in [-0.2, -0.15) is 18.2 Å². The zero-order valence-corrected chi connectivity index (χ0v) is 16.9. The van der Waals surface area contributed by atoms with E-state index in [2.05, 4.69) is 15.7 Å². The number of imide groups is 1. The van der Waals surface area contributed by atoms with E-state index in [1.165, 1.54) is 12.1 Å². The van der Waals surface area contributed by atoms with E-state index in [0.717, 1.165) is 0 Å². The number of rotatable bonds is 3. The molecule has 4 amide bonds. The topological polar surface area (TPSA) is 155 Å². The first-order valence-electron chi connectivity index (χ1n) is 8.52. The Labute approximate surface area is 183 Å². The van der Waals surface area contributed by atoms with Crippen LogP contribution >= 0.6 is 11.6 Å². The minimum Gasteiger partial charge on any atom is -0.475 e. The molecular weight excluding hydrogens is 459 g/mol. The van der Waals surface area contributed by atoms with E-state index in [9.17, 15) is 27.6 Å². The summed E-state index contributed by atoms with van der Waals surface area (Å²) in [6.45, 7) is 1.56. The minimum atomic E-state index is -5.08. The number of nitrogens with two attached hydrogens (primary N) is 1. The number of carbonyl (C=O) groups is 4. The van der Waals surface area contributed by atoms with Crippen LogP contribution in [0, 0.1) is 0 Å². The standard InChI is InChI=1S/C16H14ClN5O3.C2HF3O2/c1-16(9-5-3-2-4-6-9)14(24)22(15(25)20-16)21-13(23)12-10(18)7-8-11(17)19-12;3-2(4,5)1(6)7/h2-8H,18H2,1H3,(H,20,25)(H,21,23);(H,6,7). The van der Waals surface area contributed by atoms with Gasteiger partial charge in [-0.1, -0.05) is 41.9 Å². The van der Waals surface area contributed by atoms with Crippen LogP contribution in [0.2, 0.25) is 5.15 Å². The second-order valence-electron chi connectivity index (χ2n) is 6.38. The summed E-state index contributed by atoms with van der Waals surface area (Å²) in [7, 11) is 0. The van der Waals surface area contributed by atoms with Crippen molar-refractivity contribution in [2.75, 3.05) is 5.73 Å². The Hall–Kier alpha value is -3.87. The predicted octanol–water partition coefficient (Wildman–Crippen LogP) is 2.06. The van der Waals surface area contributed by atoms with Crippen molar-refractivity contribution in [1.29, 1.82) is 0 Å². The van der Waals surface area contributed by atoms with Crippen LogP contribution in [-0.4, -0.2) is 45.1 Å². The number of anilines is 1. The summed E-state index contributed by atoms with van der Waals surface area (Å²) in [5, 5.41) is 10.4. The first kappa shape index (κ1) is 24.4. The molecule has 0 saturated carbocycles. The normalized spacial score (nSPS) is 17.8. The molecule has 1 aliphatic rings. The number of nitrogen functional groups attached to an aromatic ring is 1. The molecule has 10 nitrogen and oxygen atoms in total.